The molecule has 1 aromatic heterocycles. The lowest BCUT2D eigenvalue weighted by Gasteiger charge is -2.05. The number of sulfonamides is 1. The van der Waals surface area contributed by atoms with Crippen molar-refractivity contribution in [1.29, 1.82) is 0 Å². The minimum Gasteiger partial charge on any atom is -0.481 e. The van der Waals surface area contributed by atoms with Gasteiger partial charge in [-0.2, -0.15) is 0 Å². The lowest BCUT2D eigenvalue weighted by molar-refractivity contribution is -0.136. The topological polar surface area (TPSA) is 110 Å². The third-order valence-corrected chi connectivity index (χ3v) is 3.94. The van der Waals surface area contributed by atoms with Gasteiger partial charge in [-0.1, -0.05) is 17.3 Å². The van der Waals surface area contributed by atoms with Crippen molar-refractivity contribution in [2.24, 2.45) is 0 Å². The van der Waals surface area contributed by atoms with Gasteiger partial charge in [0, 0.05) is 6.07 Å². The number of nitrogens with zero attached hydrogens (tertiary/aromatic N) is 1. The molecule has 2 rings (SSSR count). The monoisotopic (exact) mass is 296 g/mol. The molecule has 8 heteroatoms. The highest BCUT2D eigenvalue weighted by atomic mass is 32.2. The van der Waals surface area contributed by atoms with E-state index >= 15 is 0 Å². The van der Waals surface area contributed by atoms with E-state index in [1.54, 1.807) is 6.07 Å². The normalized spacial score (nSPS) is 11.4. The van der Waals surface area contributed by atoms with Gasteiger partial charge in [0.15, 0.2) is 0 Å². The minimum absolute atomic E-state index is 0.0235. The number of aliphatic carboxylic acids is 1. The van der Waals surface area contributed by atoms with E-state index in [0.29, 0.717) is 11.3 Å². The Labute approximate surface area is 115 Å². The van der Waals surface area contributed by atoms with E-state index in [9.17, 15) is 13.2 Å². The summed E-state index contributed by atoms with van der Waals surface area (Å²) in [6, 6.07) is 7.23. The number of rotatable bonds is 6. The van der Waals surface area contributed by atoms with Crippen LogP contribution in [0, 0.1) is 0 Å². The number of hydrogen-bond donors (Lipinski definition) is 2. The zero-order chi connectivity index (χ0) is 14.6. The first-order valence-electron chi connectivity index (χ1n) is 5.67. The average molecular weight is 296 g/mol. The molecule has 2 aromatic rings. The van der Waals surface area contributed by atoms with Crippen molar-refractivity contribution in [2.75, 3.05) is 0 Å². The lowest BCUT2D eigenvalue weighted by atomic mass is 10.2. The molecule has 7 nitrogen and oxygen atoms in total. The van der Waals surface area contributed by atoms with Crippen LogP contribution < -0.4 is 4.72 Å². The second kappa shape index (κ2) is 5.85. The number of carboxylic acids is 1. The molecule has 0 fully saturated rings. The fourth-order valence-corrected chi connectivity index (χ4v) is 2.54. The molecular formula is C12H12N2O5S. The van der Waals surface area contributed by atoms with E-state index < -0.39 is 16.0 Å². The largest absolute Gasteiger partial charge is 0.481 e. The summed E-state index contributed by atoms with van der Waals surface area (Å²) in [6.45, 7) is 0.0235. The van der Waals surface area contributed by atoms with E-state index in [-0.39, 0.29) is 17.9 Å². The molecule has 0 saturated heterocycles. The summed E-state index contributed by atoms with van der Waals surface area (Å²) in [5.74, 6) is -0.968. The van der Waals surface area contributed by atoms with Gasteiger partial charge < -0.3 is 9.63 Å². The maximum atomic E-state index is 12.0. The summed E-state index contributed by atoms with van der Waals surface area (Å²) in [5.41, 5.74) is 1.00. The fourth-order valence-electron chi connectivity index (χ4n) is 1.54. The van der Waals surface area contributed by atoms with Crippen LogP contribution in [0.1, 0.15) is 11.3 Å². The van der Waals surface area contributed by atoms with E-state index in [4.69, 9.17) is 5.11 Å². The summed E-state index contributed by atoms with van der Waals surface area (Å²) in [7, 11) is -3.66. The van der Waals surface area contributed by atoms with Crippen molar-refractivity contribution < 1.29 is 22.8 Å². The van der Waals surface area contributed by atoms with Gasteiger partial charge in [0.05, 0.1) is 23.6 Å². The first-order valence-corrected chi connectivity index (χ1v) is 7.15. The Bertz CT molecular complexity index is 677. The second-order valence-electron chi connectivity index (χ2n) is 4.03. The van der Waals surface area contributed by atoms with Gasteiger partial charge in [0.25, 0.3) is 0 Å². The Hall–Kier alpha value is -2.19. The predicted molar refractivity (Wildman–Crippen MR) is 68.3 cm³/mol. The minimum atomic E-state index is -3.66. The molecule has 20 heavy (non-hydrogen) atoms. The van der Waals surface area contributed by atoms with Crippen molar-refractivity contribution in [3.63, 3.8) is 0 Å². The van der Waals surface area contributed by atoms with Crippen LogP contribution in [-0.4, -0.2) is 24.7 Å². The highest BCUT2D eigenvalue weighted by molar-refractivity contribution is 7.89. The zero-order valence-electron chi connectivity index (χ0n) is 10.3. The van der Waals surface area contributed by atoms with Crippen LogP contribution in [0.3, 0.4) is 0 Å². The van der Waals surface area contributed by atoms with Crippen molar-refractivity contribution in [3.05, 3.63) is 47.9 Å². The molecule has 0 aliphatic rings. The van der Waals surface area contributed by atoms with Crippen LogP contribution in [0.2, 0.25) is 0 Å². The third-order valence-electron chi connectivity index (χ3n) is 2.52. The summed E-state index contributed by atoms with van der Waals surface area (Å²) in [5, 5.41) is 12.2. The molecule has 0 saturated carbocycles. The highest BCUT2D eigenvalue weighted by Gasteiger charge is 2.14. The van der Waals surface area contributed by atoms with Crippen LogP contribution in [0.4, 0.5) is 0 Å². The molecule has 2 N–H and O–H groups in total. The van der Waals surface area contributed by atoms with Crippen LogP contribution in [0.5, 0.6) is 0 Å². The van der Waals surface area contributed by atoms with Gasteiger partial charge in [-0.05, 0) is 17.7 Å². The van der Waals surface area contributed by atoms with Crippen LogP contribution in [0.15, 0.2) is 46.0 Å². The Morgan fingerprint density at radius 3 is 2.50 bits per heavy atom. The fraction of sp³-hybridized carbons (Fsp3) is 0.167. The zero-order valence-corrected chi connectivity index (χ0v) is 11.1. The molecule has 106 valence electrons. The Balaban J connectivity index is 2.07. The van der Waals surface area contributed by atoms with E-state index in [1.807, 2.05) is 0 Å². The van der Waals surface area contributed by atoms with Gasteiger partial charge in [-0.15, -0.1) is 0 Å². The summed E-state index contributed by atoms with van der Waals surface area (Å²) in [4.78, 5) is 10.6. The van der Waals surface area contributed by atoms with Gasteiger partial charge >= 0.3 is 5.97 Å². The summed E-state index contributed by atoms with van der Waals surface area (Å²) in [6.07, 6.45) is 1.21. The average Bonchev–Trinajstić information content (AvgIpc) is 2.89. The Kier molecular flexibility index (Phi) is 4.16. The van der Waals surface area contributed by atoms with Gasteiger partial charge in [-0.3, -0.25) is 4.79 Å². The predicted octanol–water partition coefficient (Wildman–Crippen LogP) is 0.780. The first kappa shape index (κ1) is 14.2. The molecule has 0 aliphatic heterocycles. The summed E-state index contributed by atoms with van der Waals surface area (Å²) < 4.78 is 30.9. The summed E-state index contributed by atoms with van der Waals surface area (Å²) >= 11 is 0. The van der Waals surface area contributed by atoms with Gasteiger partial charge in [0.2, 0.25) is 10.0 Å². The highest BCUT2D eigenvalue weighted by Crippen LogP contribution is 2.11. The molecule has 0 unspecified atom stereocenters. The van der Waals surface area contributed by atoms with Crippen molar-refractivity contribution >= 4 is 16.0 Å². The molecule has 0 amide bonds. The molecule has 0 atom stereocenters. The number of nitrogens with one attached hydrogen (secondary N) is 1. The SMILES string of the molecule is O=C(O)Cc1ccc(S(=O)(=O)NCc2ccon2)cc1. The van der Waals surface area contributed by atoms with Gasteiger partial charge in [0.1, 0.15) is 6.26 Å². The number of aromatic nitrogens is 1. The molecule has 0 radical (unpaired) electrons. The van der Waals surface area contributed by atoms with Crippen LogP contribution >= 0.6 is 0 Å². The standard InChI is InChI=1S/C12H12N2O5S/c15-12(16)7-9-1-3-11(4-2-9)20(17,18)13-8-10-5-6-19-14-10/h1-6,13H,7-8H2,(H,15,16). The number of carbonyl (C=O) groups is 1. The Morgan fingerprint density at radius 2 is 1.95 bits per heavy atom. The molecular weight excluding hydrogens is 284 g/mol. The molecule has 0 bridgehead atoms. The second-order valence-corrected chi connectivity index (χ2v) is 5.80. The van der Waals surface area contributed by atoms with E-state index in [0.717, 1.165) is 0 Å². The maximum absolute atomic E-state index is 12.0. The first-order chi connectivity index (χ1) is 9.47. The van der Waals surface area contributed by atoms with E-state index in [2.05, 4.69) is 14.4 Å². The van der Waals surface area contributed by atoms with Crippen molar-refractivity contribution in [3.8, 4) is 0 Å². The van der Waals surface area contributed by atoms with Crippen molar-refractivity contribution in [2.45, 2.75) is 17.9 Å². The molecule has 1 aromatic carbocycles. The van der Waals surface area contributed by atoms with Crippen LogP contribution in [-0.2, 0) is 27.8 Å². The quantitative estimate of drug-likeness (QED) is 0.815. The lowest BCUT2D eigenvalue weighted by Crippen LogP contribution is -2.23. The third kappa shape index (κ3) is 3.65. The smallest absolute Gasteiger partial charge is 0.307 e. The number of carboxylic acid groups (broad SMARTS) is 1. The van der Waals surface area contributed by atoms with Crippen LogP contribution in [0.25, 0.3) is 0 Å². The maximum Gasteiger partial charge on any atom is 0.307 e. The number of hydrogen-bond acceptors (Lipinski definition) is 5. The van der Waals surface area contributed by atoms with E-state index in [1.165, 1.54) is 30.5 Å². The Morgan fingerprint density at radius 1 is 1.25 bits per heavy atom. The van der Waals surface area contributed by atoms with Gasteiger partial charge in [-0.25, -0.2) is 13.1 Å². The molecule has 1 heterocycles. The molecule has 0 spiro atoms. The number of benzene rings is 1. The van der Waals surface area contributed by atoms with Crippen molar-refractivity contribution in [1.82, 2.24) is 9.88 Å². The molecule has 0 aliphatic carbocycles.